The molecule has 0 saturated carbocycles. The topological polar surface area (TPSA) is 111 Å². The average molecular weight is 383 g/mol. The zero-order valence-electron chi connectivity index (χ0n) is 15.1. The molecule has 0 aliphatic carbocycles. The van der Waals surface area contributed by atoms with E-state index in [0.717, 1.165) is 0 Å². The molecule has 0 bridgehead atoms. The molecule has 2 amide bonds. The highest BCUT2D eigenvalue weighted by Gasteiger charge is 2.47. The summed E-state index contributed by atoms with van der Waals surface area (Å²) in [4.78, 5) is 30.8. The molecule has 0 radical (unpaired) electrons. The van der Waals surface area contributed by atoms with E-state index in [-0.39, 0.29) is 31.1 Å². The largest absolute Gasteiger partial charge is 0.394 e. The van der Waals surface area contributed by atoms with Gasteiger partial charge in [-0.25, -0.2) is 4.39 Å². The minimum absolute atomic E-state index is 0.105. The molecule has 3 heterocycles. The number of aliphatic hydroxyl groups excluding tert-OH is 1. The molecule has 0 spiro atoms. The summed E-state index contributed by atoms with van der Waals surface area (Å²) < 4.78 is 13.5. The minimum Gasteiger partial charge on any atom is -0.394 e. The van der Waals surface area contributed by atoms with Crippen LogP contribution in [0.2, 0.25) is 0 Å². The van der Waals surface area contributed by atoms with Crippen LogP contribution in [0, 0.1) is 12.7 Å². The molecule has 4 rings (SSSR count). The molecule has 1 saturated heterocycles. The molecule has 2 aromatic heterocycles. The van der Waals surface area contributed by atoms with Crippen LogP contribution in [0.3, 0.4) is 0 Å². The number of aryl methyl sites for hydroxylation is 1. The number of hydrogen-bond donors (Lipinski definition) is 3. The van der Waals surface area contributed by atoms with Crippen molar-refractivity contribution in [1.82, 2.24) is 25.4 Å². The summed E-state index contributed by atoms with van der Waals surface area (Å²) in [6, 6.07) is 7.54. The van der Waals surface area contributed by atoms with Gasteiger partial charge in [0.2, 0.25) is 0 Å². The Kier molecular flexibility index (Phi) is 4.31. The van der Waals surface area contributed by atoms with Gasteiger partial charge in [0.15, 0.2) is 5.69 Å². The highest BCUT2D eigenvalue weighted by atomic mass is 19.1. The lowest BCUT2D eigenvalue weighted by atomic mass is 9.89. The summed E-state index contributed by atoms with van der Waals surface area (Å²) in [5, 5.41) is 19.7. The van der Waals surface area contributed by atoms with Crippen LogP contribution >= 0.6 is 0 Å². The number of rotatable bonds is 4. The lowest BCUT2D eigenvalue weighted by Crippen LogP contribution is -2.73. The molecule has 1 aliphatic rings. The fourth-order valence-corrected chi connectivity index (χ4v) is 3.37. The number of benzene rings is 1. The first kappa shape index (κ1) is 18.1. The number of H-pyrrole nitrogens is 1. The summed E-state index contributed by atoms with van der Waals surface area (Å²) in [5.74, 6) is -1.27. The summed E-state index contributed by atoms with van der Waals surface area (Å²) in [6.07, 6.45) is 1.52. The molecule has 9 heteroatoms. The normalized spacial score (nSPS) is 15.3. The first-order valence-electron chi connectivity index (χ1n) is 8.70. The third-order valence-electron chi connectivity index (χ3n) is 4.91. The number of nitrogens with one attached hydrogen (secondary N) is 2. The van der Waals surface area contributed by atoms with Crippen molar-refractivity contribution in [3.8, 4) is 0 Å². The summed E-state index contributed by atoms with van der Waals surface area (Å²) >= 11 is 0. The van der Waals surface area contributed by atoms with E-state index in [1.54, 1.807) is 19.1 Å². The van der Waals surface area contributed by atoms with Crippen LogP contribution in [0.15, 0.2) is 36.5 Å². The van der Waals surface area contributed by atoms with E-state index in [1.165, 1.54) is 29.3 Å². The Labute approximate surface area is 159 Å². The quantitative estimate of drug-likeness (QED) is 0.623. The first-order chi connectivity index (χ1) is 13.4. The van der Waals surface area contributed by atoms with Crippen LogP contribution in [0.5, 0.6) is 0 Å². The van der Waals surface area contributed by atoms with E-state index in [4.69, 9.17) is 0 Å². The second-order valence-electron chi connectivity index (χ2n) is 6.98. The first-order valence-corrected chi connectivity index (χ1v) is 8.70. The SMILES string of the molecule is Cc1cccnc1C(=O)NC1(CO)CN(C(=O)c2n[nH]c3ccc(F)cc23)C1. The molecular weight excluding hydrogens is 365 g/mol. The third-order valence-corrected chi connectivity index (χ3v) is 4.91. The van der Waals surface area contributed by atoms with Crippen LogP contribution in [0.4, 0.5) is 4.39 Å². The molecule has 28 heavy (non-hydrogen) atoms. The highest BCUT2D eigenvalue weighted by Crippen LogP contribution is 2.26. The molecule has 0 atom stereocenters. The van der Waals surface area contributed by atoms with Gasteiger partial charge in [0.05, 0.1) is 17.7 Å². The van der Waals surface area contributed by atoms with E-state index in [9.17, 15) is 19.1 Å². The average Bonchev–Trinajstić information content (AvgIpc) is 3.07. The number of hydrogen-bond acceptors (Lipinski definition) is 5. The molecule has 8 nitrogen and oxygen atoms in total. The van der Waals surface area contributed by atoms with Gasteiger partial charge in [-0.1, -0.05) is 6.07 Å². The highest BCUT2D eigenvalue weighted by molar-refractivity contribution is 6.05. The number of carbonyl (C=O) groups excluding carboxylic acids is 2. The lowest BCUT2D eigenvalue weighted by molar-refractivity contribution is 0.00479. The Hall–Kier alpha value is -3.33. The number of carbonyl (C=O) groups is 2. The van der Waals surface area contributed by atoms with Crippen LogP contribution in [0.25, 0.3) is 10.9 Å². The number of nitrogens with zero attached hydrogens (tertiary/aromatic N) is 3. The third kappa shape index (κ3) is 2.99. The van der Waals surface area contributed by atoms with Crippen LogP contribution < -0.4 is 5.32 Å². The summed E-state index contributed by atoms with van der Waals surface area (Å²) in [5.41, 5.74) is 0.693. The molecule has 1 aliphatic heterocycles. The number of aliphatic hydroxyl groups is 1. The van der Waals surface area contributed by atoms with Gasteiger partial charge in [-0.15, -0.1) is 0 Å². The molecule has 3 aromatic rings. The summed E-state index contributed by atoms with van der Waals surface area (Å²) in [6.45, 7) is 1.67. The van der Waals surface area contributed by atoms with Crippen LogP contribution in [0.1, 0.15) is 26.5 Å². The molecule has 3 N–H and O–H groups in total. The maximum Gasteiger partial charge on any atom is 0.275 e. The maximum atomic E-state index is 13.5. The molecule has 1 aromatic carbocycles. The van der Waals surface area contributed by atoms with Crippen LogP contribution in [-0.4, -0.2) is 62.2 Å². The standard InChI is InChI=1S/C19H18FN5O3/c1-11-3-2-6-21-15(11)17(27)22-19(10-26)8-25(9-19)18(28)16-13-7-12(20)4-5-14(13)23-24-16/h2-7,26H,8-10H2,1H3,(H,22,27)(H,23,24). The molecular formula is C19H18FN5O3. The van der Waals surface area contributed by atoms with E-state index in [0.29, 0.717) is 16.5 Å². The van der Waals surface area contributed by atoms with Crippen molar-refractivity contribution in [3.05, 3.63) is 59.3 Å². The Bertz CT molecular complexity index is 1070. The van der Waals surface area contributed by atoms with Gasteiger partial charge < -0.3 is 15.3 Å². The van der Waals surface area contributed by atoms with Gasteiger partial charge in [-0.2, -0.15) is 5.10 Å². The van der Waals surface area contributed by atoms with Crippen molar-refractivity contribution in [2.75, 3.05) is 19.7 Å². The predicted octanol–water partition coefficient (Wildman–Crippen LogP) is 1.02. The van der Waals surface area contributed by atoms with Crippen LogP contribution in [-0.2, 0) is 0 Å². The number of likely N-dealkylation sites (tertiary alicyclic amines) is 1. The van der Waals surface area contributed by atoms with Crippen molar-refractivity contribution in [3.63, 3.8) is 0 Å². The van der Waals surface area contributed by atoms with Gasteiger partial charge >= 0.3 is 0 Å². The number of amides is 2. The molecule has 1 fully saturated rings. The van der Waals surface area contributed by atoms with Crippen molar-refractivity contribution in [1.29, 1.82) is 0 Å². The summed E-state index contributed by atoms with van der Waals surface area (Å²) in [7, 11) is 0. The van der Waals surface area contributed by atoms with E-state index in [1.807, 2.05) is 0 Å². The Morgan fingerprint density at radius 1 is 1.32 bits per heavy atom. The van der Waals surface area contributed by atoms with Gasteiger partial charge in [0.25, 0.3) is 11.8 Å². The van der Waals surface area contributed by atoms with Gasteiger partial charge in [-0.3, -0.25) is 19.7 Å². The number of halogens is 1. The lowest BCUT2D eigenvalue weighted by Gasteiger charge is -2.49. The fraction of sp³-hybridized carbons (Fsp3) is 0.263. The smallest absolute Gasteiger partial charge is 0.275 e. The molecule has 144 valence electrons. The maximum absolute atomic E-state index is 13.5. The fourth-order valence-electron chi connectivity index (χ4n) is 3.37. The van der Waals surface area contributed by atoms with Crippen molar-refractivity contribution < 1.29 is 19.1 Å². The zero-order chi connectivity index (χ0) is 19.9. The van der Waals surface area contributed by atoms with Gasteiger partial charge in [-0.05, 0) is 36.8 Å². The van der Waals surface area contributed by atoms with Crippen molar-refractivity contribution in [2.45, 2.75) is 12.5 Å². The monoisotopic (exact) mass is 383 g/mol. The van der Waals surface area contributed by atoms with Crippen molar-refractivity contribution >= 4 is 22.7 Å². The predicted molar refractivity (Wildman–Crippen MR) is 98.2 cm³/mol. The van der Waals surface area contributed by atoms with Gasteiger partial charge in [0.1, 0.15) is 11.5 Å². The number of aromatic nitrogens is 3. The Balaban J connectivity index is 1.49. The number of aromatic amines is 1. The van der Waals surface area contributed by atoms with Crippen molar-refractivity contribution in [2.24, 2.45) is 0 Å². The Morgan fingerprint density at radius 2 is 2.11 bits per heavy atom. The minimum atomic E-state index is -0.950. The second kappa shape index (κ2) is 6.68. The van der Waals surface area contributed by atoms with Gasteiger partial charge in [0, 0.05) is 24.7 Å². The van der Waals surface area contributed by atoms with E-state index in [2.05, 4.69) is 20.5 Å². The number of pyridine rings is 1. The zero-order valence-corrected chi connectivity index (χ0v) is 15.1. The van der Waals surface area contributed by atoms with E-state index >= 15 is 0 Å². The second-order valence-corrected chi connectivity index (χ2v) is 6.98. The Morgan fingerprint density at radius 3 is 2.82 bits per heavy atom. The van der Waals surface area contributed by atoms with E-state index < -0.39 is 23.2 Å². The molecule has 0 unspecified atom stereocenters. The number of fused-ring (bicyclic) bond motifs is 1.